The summed E-state index contributed by atoms with van der Waals surface area (Å²) in [5, 5.41) is 19.8. The summed E-state index contributed by atoms with van der Waals surface area (Å²) >= 11 is 1.15. The number of carboxylic acids is 1. The average Bonchev–Trinajstić information content (AvgIpc) is 2.39. The van der Waals surface area contributed by atoms with Crippen molar-refractivity contribution in [1.82, 2.24) is 0 Å². The van der Waals surface area contributed by atoms with Crippen molar-refractivity contribution in [3.8, 4) is 6.07 Å². The molecule has 1 aromatic carbocycles. The van der Waals surface area contributed by atoms with Crippen molar-refractivity contribution in [1.29, 1.82) is 5.26 Å². The zero-order valence-electron chi connectivity index (χ0n) is 10.00. The van der Waals surface area contributed by atoms with Gasteiger partial charge in [-0.1, -0.05) is 0 Å². The lowest BCUT2D eigenvalue weighted by Gasteiger charge is -2.07. The van der Waals surface area contributed by atoms with Gasteiger partial charge in [-0.3, -0.25) is 9.59 Å². The van der Waals surface area contributed by atoms with E-state index in [4.69, 9.17) is 16.1 Å². The van der Waals surface area contributed by atoms with E-state index in [2.05, 4.69) is 5.32 Å². The Kier molecular flexibility index (Phi) is 5.85. The minimum absolute atomic E-state index is 0.126. The Labute approximate surface area is 114 Å². The number of aliphatic carboxylic acids is 1. The number of nitrogens with two attached hydrogens (primary N) is 1. The van der Waals surface area contributed by atoms with Crippen LogP contribution >= 0.6 is 11.8 Å². The molecule has 7 heteroatoms. The van der Waals surface area contributed by atoms with Gasteiger partial charge in [0.1, 0.15) is 6.04 Å². The van der Waals surface area contributed by atoms with E-state index in [1.807, 2.05) is 6.07 Å². The highest BCUT2D eigenvalue weighted by Gasteiger charge is 2.12. The SMILES string of the molecule is N#Cc1ccc(NC(=O)CSCC(N)C(=O)O)cc1. The summed E-state index contributed by atoms with van der Waals surface area (Å²) in [6.07, 6.45) is 0. The highest BCUT2D eigenvalue weighted by molar-refractivity contribution is 8.00. The van der Waals surface area contributed by atoms with Crippen LogP contribution in [0.2, 0.25) is 0 Å². The zero-order valence-corrected chi connectivity index (χ0v) is 10.8. The van der Waals surface area contributed by atoms with E-state index in [0.29, 0.717) is 11.3 Å². The van der Waals surface area contributed by atoms with Crippen LogP contribution in [0.3, 0.4) is 0 Å². The fraction of sp³-hybridized carbons (Fsp3) is 0.250. The number of carbonyl (C=O) groups is 2. The number of benzene rings is 1. The number of rotatable bonds is 6. The lowest BCUT2D eigenvalue weighted by atomic mass is 10.2. The maximum absolute atomic E-state index is 11.5. The number of nitrogens with zero attached hydrogens (tertiary/aromatic N) is 1. The van der Waals surface area contributed by atoms with Crippen LogP contribution in [0.5, 0.6) is 0 Å². The third kappa shape index (κ3) is 5.42. The number of carbonyl (C=O) groups excluding carboxylic acids is 1. The standard InChI is InChI=1S/C12H13N3O3S/c13-5-8-1-3-9(4-2-8)15-11(16)7-19-6-10(14)12(17)18/h1-4,10H,6-7,14H2,(H,15,16)(H,17,18). The van der Waals surface area contributed by atoms with Crippen molar-refractivity contribution in [2.24, 2.45) is 5.73 Å². The molecule has 1 amide bonds. The van der Waals surface area contributed by atoms with Crippen molar-refractivity contribution >= 4 is 29.3 Å². The highest BCUT2D eigenvalue weighted by atomic mass is 32.2. The Balaban J connectivity index is 2.35. The summed E-state index contributed by atoms with van der Waals surface area (Å²) in [6.45, 7) is 0. The van der Waals surface area contributed by atoms with Crippen LogP contribution in [-0.4, -0.2) is 34.5 Å². The number of thioether (sulfide) groups is 1. The molecule has 0 saturated carbocycles. The number of hydrogen-bond donors (Lipinski definition) is 3. The summed E-state index contributed by atoms with van der Waals surface area (Å²) in [7, 11) is 0. The first-order valence-electron chi connectivity index (χ1n) is 5.39. The molecule has 19 heavy (non-hydrogen) atoms. The lowest BCUT2D eigenvalue weighted by molar-refractivity contribution is -0.137. The molecule has 1 rings (SSSR count). The molecule has 100 valence electrons. The van der Waals surface area contributed by atoms with Crippen LogP contribution in [0.1, 0.15) is 5.56 Å². The first-order valence-corrected chi connectivity index (χ1v) is 6.54. The molecule has 0 radical (unpaired) electrons. The van der Waals surface area contributed by atoms with Crippen molar-refractivity contribution in [2.75, 3.05) is 16.8 Å². The van der Waals surface area contributed by atoms with Crippen molar-refractivity contribution in [3.63, 3.8) is 0 Å². The Morgan fingerprint density at radius 1 is 1.42 bits per heavy atom. The molecule has 0 aliphatic rings. The molecule has 4 N–H and O–H groups in total. The van der Waals surface area contributed by atoms with Crippen molar-refractivity contribution in [3.05, 3.63) is 29.8 Å². The maximum Gasteiger partial charge on any atom is 0.321 e. The molecule has 0 saturated heterocycles. The molecule has 0 heterocycles. The molecule has 6 nitrogen and oxygen atoms in total. The van der Waals surface area contributed by atoms with Crippen LogP contribution in [0, 0.1) is 11.3 Å². The van der Waals surface area contributed by atoms with Gasteiger partial charge in [0.25, 0.3) is 0 Å². The first kappa shape index (κ1) is 15.0. The van der Waals surface area contributed by atoms with Gasteiger partial charge in [0.2, 0.25) is 5.91 Å². The van der Waals surface area contributed by atoms with E-state index in [1.54, 1.807) is 24.3 Å². The second-order valence-electron chi connectivity index (χ2n) is 3.70. The molecule has 0 bridgehead atoms. The fourth-order valence-electron chi connectivity index (χ4n) is 1.18. The van der Waals surface area contributed by atoms with Gasteiger partial charge in [-0.2, -0.15) is 5.26 Å². The summed E-state index contributed by atoms with van der Waals surface area (Å²) < 4.78 is 0. The lowest BCUT2D eigenvalue weighted by Crippen LogP contribution is -2.33. The minimum Gasteiger partial charge on any atom is -0.480 e. The smallest absolute Gasteiger partial charge is 0.321 e. The largest absolute Gasteiger partial charge is 0.480 e. The summed E-state index contributed by atoms with van der Waals surface area (Å²) in [6, 6.07) is 7.47. The average molecular weight is 279 g/mol. The molecule has 1 unspecified atom stereocenters. The molecule has 0 aromatic heterocycles. The number of anilines is 1. The van der Waals surface area contributed by atoms with Crippen LogP contribution in [-0.2, 0) is 9.59 Å². The molecule has 0 spiro atoms. The van der Waals surface area contributed by atoms with Crippen molar-refractivity contribution < 1.29 is 14.7 Å². The Hall–Kier alpha value is -2.04. The van der Waals surface area contributed by atoms with Crippen LogP contribution in [0.4, 0.5) is 5.69 Å². The molecule has 1 aromatic rings. The van der Waals surface area contributed by atoms with E-state index >= 15 is 0 Å². The number of carboxylic acid groups (broad SMARTS) is 1. The van der Waals surface area contributed by atoms with Gasteiger partial charge in [0.05, 0.1) is 17.4 Å². The van der Waals surface area contributed by atoms with E-state index in [0.717, 1.165) is 11.8 Å². The van der Waals surface area contributed by atoms with Gasteiger partial charge in [-0.05, 0) is 24.3 Å². The maximum atomic E-state index is 11.5. The molecular weight excluding hydrogens is 266 g/mol. The van der Waals surface area contributed by atoms with E-state index in [-0.39, 0.29) is 17.4 Å². The summed E-state index contributed by atoms with van der Waals surface area (Å²) in [4.78, 5) is 22.0. The third-order valence-corrected chi connectivity index (χ3v) is 3.21. The van der Waals surface area contributed by atoms with E-state index in [1.165, 1.54) is 0 Å². The van der Waals surface area contributed by atoms with Gasteiger partial charge in [0.15, 0.2) is 0 Å². The van der Waals surface area contributed by atoms with Gasteiger partial charge in [-0.15, -0.1) is 11.8 Å². The highest BCUT2D eigenvalue weighted by Crippen LogP contribution is 2.10. The molecular formula is C12H13N3O3S. The second kappa shape index (κ2) is 7.41. The van der Waals surface area contributed by atoms with E-state index in [9.17, 15) is 9.59 Å². The molecule has 1 atom stereocenters. The second-order valence-corrected chi connectivity index (χ2v) is 4.73. The Bertz CT molecular complexity index is 496. The minimum atomic E-state index is -1.08. The number of nitrogens with one attached hydrogen (secondary N) is 1. The van der Waals surface area contributed by atoms with Crippen LogP contribution in [0.15, 0.2) is 24.3 Å². The van der Waals surface area contributed by atoms with Gasteiger partial charge in [0, 0.05) is 11.4 Å². The van der Waals surface area contributed by atoms with Gasteiger partial charge < -0.3 is 16.2 Å². The topological polar surface area (TPSA) is 116 Å². The Morgan fingerprint density at radius 3 is 2.58 bits per heavy atom. The fourth-order valence-corrected chi connectivity index (χ4v) is 1.95. The predicted octanol–water partition coefficient (Wildman–Crippen LogP) is 0.642. The monoisotopic (exact) mass is 279 g/mol. The zero-order chi connectivity index (χ0) is 14.3. The molecule has 0 fully saturated rings. The van der Waals surface area contributed by atoms with Crippen LogP contribution in [0.25, 0.3) is 0 Å². The number of nitriles is 1. The molecule has 0 aliphatic heterocycles. The number of hydrogen-bond acceptors (Lipinski definition) is 5. The van der Waals surface area contributed by atoms with Gasteiger partial charge >= 0.3 is 5.97 Å². The number of amides is 1. The normalized spacial score (nSPS) is 11.4. The quantitative estimate of drug-likeness (QED) is 0.703. The summed E-state index contributed by atoms with van der Waals surface area (Å²) in [5.74, 6) is -1.02. The van der Waals surface area contributed by atoms with E-state index < -0.39 is 12.0 Å². The summed E-state index contributed by atoms with van der Waals surface area (Å²) in [5.41, 5.74) is 6.41. The molecule has 0 aliphatic carbocycles. The first-order chi connectivity index (χ1) is 9.02. The van der Waals surface area contributed by atoms with Gasteiger partial charge in [-0.25, -0.2) is 0 Å². The third-order valence-electron chi connectivity index (χ3n) is 2.15. The van der Waals surface area contributed by atoms with Crippen LogP contribution < -0.4 is 11.1 Å². The van der Waals surface area contributed by atoms with Crippen molar-refractivity contribution in [2.45, 2.75) is 6.04 Å². The Morgan fingerprint density at radius 2 is 2.05 bits per heavy atom. The predicted molar refractivity (Wildman–Crippen MR) is 72.7 cm³/mol.